The van der Waals surface area contributed by atoms with Gasteiger partial charge in [-0.15, -0.1) is 12.4 Å². The molecular weight excluding hydrogens is 290 g/mol. The Hall–Kier alpha value is -2.73. The third-order valence-electron chi connectivity index (χ3n) is 3.23. The van der Waals surface area contributed by atoms with Gasteiger partial charge in [0.25, 0.3) is 5.56 Å². The minimum atomic E-state index is -0.159. The van der Waals surface area contributed by atoms with E-state index < -0.39 is 0 Å². The molecule has 2 aromatic heterocycles. The average molecular weight is 300 g/mol. The Bertz CT molecular complexity index is 931. The Morgan fingerprint density at radius 3 is 2.62 bits per heavy atom. The molecular formula is C14H10ClN5O. The van der Waals surface area contributed by atoms with Crippen LogP contribution >= 0.6 is 12.4 Å². The zero-order valence-corrected chi connectivity index (χ0v) is 11.5. The van der Waals surface area contributed by atoms with Crippen molar-refractivity contribution in [1.82, 2.24) is 24.7 Å². The highest BCUT2D eigenvalue weighted by Gasteiger charge is 2.18. The number of hydrogen-bond acceptors (Lipinski definition) is 4. The molecule has 0 fully saturated rings. The number of pyridine rings is 3. The van der Waals surface area contributed by atoms with Crippen molar-refractivity contribution in [3.8, 4) is 16.9 Å². The summed E-state index contributed by atoms with van der Waals surface area (Å²) >= 11 is 0. The van der Waals surface area contributed by atoms with E-state index in [2.05, 4.69) is 20.1 Å². The summed E-state index contributed by atoms with van der Waals surface area (Å²) in [5, 5.41) is 5.26. The van der Waals surface area contributed by atoms with Crippen molar-refractivity contribution in [2.75, 3.05) is 0 Å². The van der Waals surface area contributed by atoms with E-state index in [1.165, 1.54) is 4.68 Å². The average Bonchev–Trinajstić information content (AvgIpc) is 2.86. The van der Waals surface area contributed by atoms with Crippen molar-refractivity contribution in [3.05, 3.63) is 59.5 Å². The lowest BCUT2D eigenvalue weighted by Gasteiger charge is -2.00. The SMILES string of the molecule is Cl.O=c1c2c[nH]c3ccncc3c-2nn1-c1ccncc1. The maximum atomic E-state index is 12.4. The molecule has 0 radical (unpaired) electrons. The van der Waals surface area contributed by atoms with Gasteiger partial charge in [0.05, 0.1) is 16.8 Å². The van der Waals surface area contributed by atoms with Crippen LogP contribution in [0, 0.1) is 0 Å². The van der Waals surface area contributed by atoms with Gasteiger partial charge < -0.3 is 4.98 Å². The molecule has 0 amide bonds. The number of halogens is 1. The number of nitrogens with zero attached hydrogens (tertiary/aromatic N) is 4. The molecule has 2 aliphatic rings. The maximum absolute atomic E-state index is 12.4. The highest BCUT2D eigenvalue weighted by atomic mass is 35.5. The second-order valence-corrected chi connectivity index (χ2v) is 4.39. The molecule has 0 unspecified atom stereocenters. The van der Waals surface area contributed by atoms with Gasteiger partial charge >= 0.3 is 0 Å². The van der Waals surface area contributed by atoms with Crippen LogP contribution in [-0.4, -0.2) is 24.7 Å². The summed E-state index contributed by atoms with van der Waals surface area (Å²) in [4.78, 5) is 23.5. The number of aromatic amines is 1. The predicted octanol–water partition coefficient (Wildman–Crippen LogP) is 2.03. The fraction of sp³-hybridized carbons (Fsp3) is 0. The quantitative estimate of drug-likeness (QED) is 0.583. The van der Waals surface area contributed by atoms with Gasteiger partial charge in [-0.1, -0.05) is 0 Å². The first-order valence-corrected chi connectivity index (χ1v) is 6.09. The first kappa shape index (κ1) is 13.3. The smallest absolute Gasteiger partial charge is 0.282 e. The molecule has 0 spiro atoms. The topological polar surface area (TPSA) is 76.5 Å². The standard InChI is InChI=1S/C14H9N5O.ClH/c20-14-11-8-17-12-3-6-16-7-10(12)13(11)18-19(14)9-1-4-15-5-2-9;/h1-8,17H;1H. The van der Waals surface area contributed by atoms with Crippen molar-refractivity contribution < 1.29 is 0 Å². The molecule has 4 rings (SSSR count). The van der Waals surface area contributed by atoms with Gasteiger partial charge in [-0.25, -0.2) is 0 Å². The Morgan fingerprint density at radius 2 is 1.81 bits per heavy atom. The number of aromatic nitrogens is 5. The molecule has 21 heavy (non-hydrogen) atoms. The predicted molar refractivity (Wildman–Crippen MR) is 81.2 cm³/mol. The van der Waals surface area contributed by atoms with Crippen LogP contribution in [0.5, 0.6) is 0 Å². The molecule has 0 aromatic carbocycles. The molecule has 2 aliphatic heterocycles. The molecule has 0 saturated heterocycles. The summed E-state index contributed by atoms with van der Waals surface area (Å²) in [5.41, 5.74) is 2.62. The summed E-state index contributed by atoms with van der Waals surface area (Å²) in [7, 11) is 0. The molecule has 0 bridgehead atoms. The summed E-state index contributed by atoms with van der Waals surface area (Å²) < 4.78 is 1.38. The number of fused-ring (bicyclic) bond motifs is 3. The van der Waals surface area contributed by atoms with Crippen LogP contribution in [0.2, 0.25) is 0 Å². The Kier molecular flexibility index (Phi) is 3.15. The molecule has 0 aliphatic carbocycles. The lowest BCUT2D eigenvalue weighted by Crippen LogP contribution is -2.14. The lowest BCUT2D eigenvalue weighted by molar-refractivity contribution is 0.856. The van der Waals surface area contributed by atoms with Gasteiger partial charge in [-0.2, -0.15) is 9.78 Å². The van der Waals surface area contributed by atoms with E-state index in [4.69, 9.17) is 0 Å². The summed E-state index contributed by atoms with van der Waals surface area (Å²) in [6.45, 7) is 0. The third-order valence-corrected chi connectivity index (χ3v) is 3.23. The van der Waals surface area contributed by atoms with E-state index in [1.54, 1.807) is 43.1 Å². The van der Waals surface area contributed by atoms with Crippen LogP contribution in [-0.2, 0) is 0 Å². The number of rotatable bonds is 1. The second-order valence-electron chi connectivity index (χ2n) is 4.39. The molecule has 2 aromatic rings. The van der Waals surface area contributed by atoms with Gasteiger partial charge in [0, 0.05) is 36.4 Å². The number of nitrogens with one attached hydrogen (secondary N) is 1. The summed E-state index contributed by atoms with van der Waals surface area (Å²) in [6, 6.07) is 5.35. The minimum Gasteiger partial charge on any atom is -0.360 e. The van der Waals surface area contributed by atoms with E-state index in [-0.39, 0.29) is 18.0 Å². The molecule has 1 N–H and O–H groups in total. The molecule has 104 valence electrons. The zero-order valence-electron chi connectivity index (χ0n) is 10.7. The Labute approximate surface area is 125 Å². The van der Waals surface area contributed by atoms with Crippen molar-refractivity contribution >= 4 is 23.3 Å². The van der Waals surface area contributed by atoms with E-state index in [9.17, 15) is 4.79 Å². The van der Waals surface area contributed by atoms with Crippen LogP contribution in [0.3, 0.4) is 0 Å². The third kappa shape index (κ3) is 1.96. The first-order chi connectivity index (χ1) is 9.84. The zero-order chi connectivity index (χ0) is 13.5. The van der Waals surface area contributed by atoms with E-state index >= 15 is 0 Å². The van der Waals surface area contributed by atoms with Crippen LogP contribution < -0.4 is 5.56 Å². The van der Waals surface area contributed by atoms with Crippen LogP contribution in [0.1, 0.15) is 0 Å². The Balaban J connectivity index is 0.00000132. The van der Waals surface area contributed by atoms with Crippen molar-refractivity contribution in [3.63, 3.8) is 0 Å². The first-order valence-electron chi connectivity index (χ1n) is 6.09. The largest absolute Gasteiger partial charge is 0.360 e. The summed E-state index contributed by atoms with van der Waals surface area (Å²) in [6.07, 6.45) is 8.35. The van der Waals surface area contributed by atoms with Crippen LogP contribution in [0.15, 0.2) is 54.0 Å². The van der Waals surface area contributed by atoms with Crippen LogP contribution in [0.25, 0.3) is 27.8 Å². The van der Waals surface area contributed by atoms with E-state index in [1.807, 2.05) is 6.07 Å². The second kappa shape index (κ2) is 4.99. The number of H-pyrrole nitrogens is 1. The highest BCUT2D eigenvalue weighted by Crippen LogP contribution is 2.24. The maximum Gasteiger partial charge on any atom is 0.282 e. The lowest BCUT2D eigenvalue weighted by atomic mass is 10.1. The normalized spacial score (nSPS) is 10.7. The van der Waals surface area contributed by atoms with Gasteiger partial charge in [-0.3, -0.25) is 14.8 Å². The fourth-order valence-electron chi connectivity index (χ4n) is 2.26. The van der Waals surface area contributed by atoms with Crippen LogP contribution in [0.4, 0.5) is 0 Å². The fourth-order valence-corrected chi connectivity index (χ4v) is 2.26. The van der Waals surface area contributed by atoms with Crippen molar-refractivity contribution in [1.29, 1.82) is 0 Å². The van der Waals surface area contributed by atoms with Gasteiger partial charge in [0.15, 0.2) is 0 Å². The summed E-state index contributed by atoms with van der Waals surface area (Å²) in [5.74, 6) is 0. The van der Waals surface area contributed by atoms with Gasteiger partial charge in [0.2, 0.25) is 0 Å². The number of hydrogen-bond donors (Lipinski definition) is 1. The van der Waals surface area contributed by atoms with E-state index in [0.717, 1.165) is 10.9 Å². The van der Waals surface area contributed by atoms with Crippen molar-refractivity contribution in [2.24, 2.45) is 0 Å². The molecule has 0 atom stereocenters. The monoisotopic (exact) mass is 299 g/mol. The molecule has 0 saturated carbocycles. The van der Waals surface area contributed by atoms with Gasteiger partial charge in [-0.05, 0) is 18.2 Å². The highest BCUT2D eigenvalue weighted by molar-refractivity contribution is 5.92. The Morgan fingerprint density at radius 1 is 1.05 bits per heavy atom. The molecule has 6 nitrogen and oxygen atoms in total. The minimum absolute atomic E-state index is 0. The molecule has 7 heteroatoms. The molecule has 4 heterocycles. The van der Waals surface area contributed by atoms with Crippen molar-refractivity contribution in [2.45, 2.75) is 0 Å². The van der Waals surface area contributed by atoms with Gasteiger partial charge in [0.1, 0.15) is 5.69 Å². The van der Waals surface area contributed by atoms with E-state index in [0.29, 0.717) is 16.9 Å².